The van der Waals surface area contributed by atoms with Crippen LogP contribution in [0.5, 0.6) is 0 Å². The van der Waals surface area contributed by atoms with Crippen molar-refractivity contribution in [1.29, 1.82) is 0 Å². The molecular weight excluding hydrogens is 604 g/mol. The Balaban J connectivity index is 1.43. The lowest BCUT2D eigenvalue weighted by Crippen LogP contribution is -2.48. The van der Waals surface area contributed by atoms with Crippen LogP contribution in [0.4, 0.5) is 0 Å². The number of pyridine rings is 1. The highest BCUT2D eigenvalue weighted by Crippen LogP contribution is 2.52. The molecule has 1 aromatic carbocycles. The third-order valence-corrected chi connectivity index (χ3v) is 11.1. The van der Waals surface area contributed by atoms with E-state index in [9.17, 15) is 18.0 Å². The van der Waals surface area contributed by atoms with Gasteiger partial charge in [0.15, 0.2) is 17.1 Å². The van der Waals surface area contributed by atoms with Crippen LogP contribution in [-0.4, -0.2) is 49.1 Å². The minimum atomic E-state index is -4.04. The average Bonchev–Trinajstić information content (AvgIpc) is 3.52. The maximum atomic E-state index is 13.8. The Kier molecular flexibility index (Phi) is 6.89. The number of halogens is 1. The second-order valence-electron chi connectivity index (χ2n) is 11.7. The van der Waals surface area contributed by atoms with E-state index >= 15 is 0 Å². The molecule has 4 aromatic heterocycles. The number of aromatic nitrogens is 6. The van der Waals surface area contributed by atoms with Crippen molar-refractivity contribution in [3.63, 3.8) is 0 Å². The number of esters is 1. The highest BCUT2D eigenvalue weighted by atomic mass is 35.5. The Morgan fingerprint density at radius 1 is 1.05 bits per heavy atom. The zero-order chi connectivity index (χ0) is 30.9. The Morgan fingerprint density at radius 2 is 1.75 bits per heavy atom. The summed E-state index contributed by atoms with van der Waals surface area (Å²) in [5.74, 6) is -0.271. The minimum Gasteiger partial charge on any atom is -0.466 e. The van der Waals surface area contributed by atoms with Crippen LogP contribution in [0.2, 0.25) is 5.02 Å². The fraction of sp³-hybridized carbons (Fsp3) is 0.387. The van der Waals surface area contributed by atoms with Crippen LogP contribution in [0.3, 0.4) is 0 Å². The number of benzene rings is 1. The van der Waals surface area contributed by atoms with Crippen molar-refractivity contribution in [2.45, 2.75) is 50.5 Å². The number of nitrogens with zero attached hydrogens (tertiary/aromatic N) is 6. The Morgan fingerprint density at radius 3 is 2.45 bits per heavy atom. The third-order valence-electron chi connectivity index (χ3n) is 9.26. The highest BCUT2D eigenvalue weighted by Gasteiger charge is 2.50. The summed E-state index contributed by atoms with van der Waals surface area (Å²) in [7, 11) is -2.37. The van der Waals surface area contributed by atoms with Crippen molar-refractivity contribution in [1.82, 2.24) is 28.1 Å². The summed E-state index contributed by atoms with van der Waals surface area (Å²) >= 11 is 6.33. The summed E-state index contributed by atoms with van der Waals surface area (Å²) in [4.78, 5) is 41.0. The second-order valence-corrected chi connectivity index (χ2v) is 14.0. The second kappa shape index (κ2) is 10.6. The summed E-state index contributed by atoms with van der Waals surface area (Å²) in [6.07, 6.45) is 8.08. The van der Waals surface area contributed by atoms with Gasteiger partial charge in [0.2, 0.25) is 0 Å². The van der Waals surface area contributed by atoms with Gasteiger partial charge >= 0.3 is 11.7 Å². The van der Waals surface area contributed by atoms with Crippen molar-refractivity contribution < 1.29 is 17.9 Å². The molecule has 0 amide bonds. The van der Waals surface area contributed by atoms with Crippen LogP contribution in [0.1, 0.15) is 44.2 Å². The minimum absolute atomic E-state index is 0.105. The fourth-order valence-electron chi connectivity index (χ4n) is 7.13. The number of carbonyl (C=O) groups is 1. The zero-order valence-corrected chi connectivity index (χ0v) is 26.0. The molecular formula is C31H31ClN6O5S. The van der Waals surface area contributed by atoms with Gasteiger partial charge in [-0.25, -0.2) is 32.1 Å². The molecule has 228 valence electrons. The summed E-state index contributed by atoms with van der Waals surface area (Å²) in [5.41, 5.74) is 2.10. The van der Waals surface area contributed by atoms with Gasteiger partial charge in [-0.15, -0.1) is 0 Å². The smallest absolute Gasteiger partial charge is 0.330 e. The third kappa shape index (κ3) is 4.37. The van der Waals surface area contributed by atoms with E-state index in [1.807, 2.05) is 6.92 Å². The summed E-state index contributed by atoms with van der Waals surface area (Å²) in [5, 5.41) is 0.760. The van der Waals surface area contributed by atoms with E-state index in [2.05, 4.69) is 9.97 Å². The van der Waals surface area contributed by atoms with Crippen LogP contribution >= 0.6 is 11.6 Å². The van der Waals surface area contributed by atoms with E-state index in [1.54, 1.807) is 55.1 Å². The van der Waals surface area contributed by atoms with Gasteiger partial charge in [0, 0.05) is 30.4 Å². The molecule has 0 N–H and O–H groups in total. The number of hydrogen-bond donors (Lipinski definition) is 0. The van der Waals surface area contributed by atoms with Crippen molar-refractivity contribution in [3.8, 4) is 11.4 Å². The molecule has 44 heavy (non-hydrogen) atoms. The van der Waals surface area contributed by atoms with Gasteiger partial charge in [-0.05, 0) is 69.6 Å². The Bertz CT molecular complexity index is 2110. The number of fused-ring (bicyclic) bond motifs is 5. The standard InChI is InChI=1S/C31H31ClN6O5S/c1-4-43-30(39)25-18-7-9-19(10-8-18)26(25)38-29-24(36(3)31(38)40)15-33-27(35-29)23-16-37(28-22(23)13-20(32)14-34-28)44(41,42)21-11-5-17(2)6-12-21/h5-6,11-16,18-19,25-26H,4,7-10H2,1-3H3/t18?,19?,25-,26-/m0/s1. The molecule has 4 heterocycles. The molecule has 2 bridgehead atoms. The van der Waals surface area contributed by atoms with Crippen molar-refractivity contribution >= 4 is 49.8 Å². The predicted octanol–water partition coefficient (Wildman–Crippen LogP) is 4.89. The molecule has 3 aliphatic carbocycles. The summed E-state index contributed by atoms with van der Waals surface area (Å²) < 4.78 is 37.3. The monoisotopic (exact) mass is 634 g/mol. The zero-order valence-electron chi connectivity index (χ0n) is 24.5. The molecule has 11 nitrogen and oxygen atoms in total. The van der Waals surface area contributed by atoms with Crippen LogP contribution in [-0.2, 0) is 26.6 Å². The van der Waals surface area contributed by atoms with Gasteiger partial charge in [0.25, 0.3) is 10.0 Å². The van der Waals surface area contributed by atoms with E-state index in [-0.39, 0.29) is 46.5 Å². The van der Waals surface area contributed by atoms with Crippen molar-refractivity contribution in [2.24, 2.45) is 24.8 Å². The molecule has 3 fully saturated rings. The first kappa shape index (κ1) is 28.7. The fourth-order valence-corrected chi connectivity index (χ4v) is 8.61. The van der Waals surface area contributed by atoms with E-state index in [1.165, 1.54) is 17.0 Å². The lowest BCUT2D eigenvalue weighted by Gasteiger charge is -2.47. The SMILES string of the molecule is CCOC(=O)[C@H]1C2CCC(CC2)[C@@H]1n1c(=O)n(C)c2cnc(-c3cn(S(=O)(=O)c4ccc(C)cc4)c4ncc(Cl)cc34)nc21. The number of hydrogen-bond acceptors (Lipinski definition) is 8. The lowest BCUT2D eigenvalue weighted by atomic mass is 9.61. The number of ether oxygens (including phenoxy) is 1. The average molecular weight is 635 g/mol. The van der Waals surface area contributed by atoms with Crippen LogP contribution in [0, 0.1) is 24.7 Å². The summed E-state index contributed by atoms with van der Waals surface area (Å²) in [6, 6.07) is 7.79. The van der Waals surface area contributed by atoms with Gasteiger partial charge in [0.05, 0.1) is 34.7 Å². The lowest BCUT2D eigenvalue weighted by molar-refractivity contribution is -0.157. The molecule has 13 heteroatoms. The van der Waals surface area contributed by atoms with Crippen LogP contribution < -0.4 is 5.69 Å². The normalized spacial score (nSPS) is 21.7. The molecule has 2 atom stereocenters. The molecule has 0 spiro atoms. The molecule has 0 unspecified atom stereocenters. The van der Waals surface area contributed by atoms with Crippen molar-refractivity contribution in [3.05, 3.63) is 70.0 Å². The van der Waals surface area contributed by atoms with Crippen LogP contribution in [0.15, 0.2) is 58.6 Å². The van der Waals surface area contributed by atoms with E-state index in [0.29, 0.717) is 27.1 Å². The molecule has 8 rings (SSSR count). The van der Waals surface area contributed by atoms with E-state index in [4.69, 9.17) is 21.3 Å². The maximum absolute atomic E-state index is 13.8. The largest absolute Gasteiger partial charge is 0.466 e. The molecule has 3 aliphatic rings. The predicted molar refractivity (Wildman–Crippen MR) is 165 cm³/mol. The van der Waals surface area contributed by atoms with Crippen LogP contribution in [0.25, 0.3) is 33.6 Å². The van der Waals surface area contributed by atoms with Gasteiger partial charge in [-0.3, -0.25) is 13.9 Å². The Hall–Kier alpha value is -4.03. The van der Waals surface area contributed by atoms with Crippen molar-refractivity contribution in [2.75, 3.05) is 6.61 Å². The number of rotatable bonds is 6. The first-order valence-electron chi connectivity index (χ1n) is 14.7. The molecule has 0 saturated heterocycles. The topological polar surface area (TPSA) is 131 Å². The van der Waals surface area contributed by atoms with Gasteiger partial charge in [-0.1, -0.05) is 29.3 Å². The highest BCUT2D eigenvalue weighted by molar-refractivity contribution is 7.90. The maximum Gasteiger partial charge on any atom is 0.330 e. The first-order valence-corrected chi connectivity index (χ1v) is 16.5. The first-order chi connectivity index (χ1) is 21.1. The number of imidazole rings is 1. The van der Waals surface area contributed by atoms with E-state index < -0.39 is 22.0 Å². The van der Waals surface area contributed by atoms with Gasteiger partial charge < -0.3 is 4.74 Å². The van der Waals surface area contributed by atoms with Gasteiger partial charge in [-0.2, -0.15) is 0 Å². The van der Waals surface area contributed by atoms with E-state index in [0.717, 1.165) is 35.2 Å². The molecule has 0 radical (unpaired) electrons. The molecule has 3 saturated carbocycles. The quantitative estimate of drug-likeness (QED) is 0.241. The summed E-state index contributed by atoms with van der Waals surface area (Å²) in [6.45, 7) is 3.93. The number of aryl methyl sites for hydroxylation is 2. The molecule has 0 aliphatic heterocycles. The molecule has 5 aromatic rings. The Labute approximate surface area is 258 Å². The number of carbonyl (C=O) groups excluding carboxylic acids is 1. The van der Waals surface area contributed by atoms with Gasteiger partial charge in [0.1, 0.15) is 5.52 Å².